The van der Waals surface area contributed by atoms with Crippen molar-refractivity contribution in [3.63, 3.8) is 0 Å². The van der Waals surface area contributed by atoms with Gasteiger partial charge in [0, 0.05) is 0 Å². The fraction of sp³-hybridized carbons (Fsp3) is 0.200. The zero-order valence-electron chi connectivity index (χ0n) is 18.6. The van der Waals surface area contributed by atoms with Crippen LogP contribution >= 0.6 is 11.3 Å². The molecule has 0 N–H and O–H groups in total. The Labute approximate surface area is 199 Å². The number of thiophene rings is 1. The molecule has 0 saturated heterocycles. The lowest BCUT2D eigenvalue weighted by molar-refractivity contribution is 0.0455. The molecule has 0 unspecified atom stereocenters. The molecule has 8 nitrogen and oxygen atoms in total. The normalized spacial score (nSPS) is 10.8. The topological polar surface area (TPSA) is 96.7 Å². The molecule has 0 atom stereocenters. The summed E-state index contributed by atoms with van der Waals surface area (Å²) >= 11 is 1.12. The number of ether oxygens (including phenoxy) is 3. The van der Waals surface area contributed by atoms with Crippen molar-refractivity contribution >= 4 is 33.5 Å². The number of carbonyl (C=O) groups excluding carboxylic acids is 2. The fourth-order valence-electron chi connectivity index (χ4n) is 3.45. The lowest BCUT2D eigenvalue weighted by Gasteiger charge is -2.07. The molecule has 0 fully saturated rings. The Morgan fingerprint density at radius 3 is 2.59 bits per heavy atom. The highest BCUT2D eigenvalue weighted by atomic mass is 32.1. The number of aryl methyl sites for hydroxylation is 1. The number of para-hydroxylation sites is 1. The quantitative estimate of drug-likeness (QED) is 0.280. The summed E-state index contributed by atoms with van der Waals surface area (Å²) in [5.41, 5.74) is 1.41. The molecule has 2 aromatic heterocycles. The third-order valence-corrected chi connectivity index (χ3v) is 6.31. The van der Waals surface area contributed by atoms with E-state index in [9.17, 15) is 14.4 Å². The molecule has 4 rings (SSSR count). The molecule has 0 aliphatic rings. The summed E-state index contributed by atoms with van der Waals surface area (Å²) in [4.78, 5) is 42.7. The lowest BCUT2D eigenvalue weighted by atomic mass is 10.1. The van der Waals surface area contributed by atoms with Gasteiger partial charge in [-0.05, 0) is 42.3 Å². The van der Waals surface area contributed by atoms with Crippen LogP contribution in [0.4, 0.5) is 0 Å². The average molecular weight is 479 g/mol. The van der Waals surface area contributed by atoms with Gasteiger partial charge in [0.1, 0.15) is 28.7 Å². The predicted molar refractivity (Wildman–Crippen MR) is 128 cm³/mol. The summed E-state index contributed by atoms with van der Waals surface area (Å²) in [7, 11) is 1.32. The highest BCUT2D eigenvalue weighted by molar-refractivity contribution is 7.20. The van der Waals surface area contributed by atoms with E-state index in [4.69, 9.17) is 14.2 Å². The second-order valence-corrected chi connectivity index (χ2v) is 8.40. The number of carbonyl (C=O) groups is 2. The molecule has 0 aliphatic carbocycles. The van der Waals surface area contributed by atoms with E-state index in [0.717, 1.165) is 16.9 Å². The lowest BCUT2D eigenvalue weighted by Crippen LogP contribution is -2.21. The van der Waals surface area contributed by atoms with Crippen molar-refractivity contribution in [1.29, 1.82) is 0 Å². The molecule has 4 aromatic rings. The van der Waals surface area contributed by atoms with Crippen LogP contribution in [0.2, 0.25) is 0 Å². The minimum Gasteiger partial charge on any atom is -0.490 e. The van der Waals surface area contributed by atoms with Gasteiger partial charge in [-0.3, -0.25) is 9.36 Å². The highest BCUT2D eigenvalue weighted by Crippen LogP contribution is 2.27. The van der Waals surface area contributed by atoms with Crippen molar-refractivity contribution in [3.8, 4) is 5.75 Å². The Bertz CT molecular complexity index is 1390. The molecule has 0 aliphatic heterocycles. The Kier molecular flexibility index (Phi) is 7.03. The second-order valence-electron chi connectivity index (χ2n) is 7.40. The van der Waals surface area contributed by atoms with Crippen molar-refractivity contribution in [3.05, 3.63) is 92.8 Å². The molecule has 0 saturated carbocycles. The SMILES string of the molecule is COC(=O)c1cccc(Cn2cnc3sc(C(=O)OCCOc4ccccc4)c(C)c3c2=O)c1. The number of fused-ring (bicyclic) bond motifs is 1. The fourth-order valence-corrected chi connectivity index (χ4v) is 4.49. The summed E-state index contributed by atoms with van der Waals surface area (Å²) in [6, 6.07) is 16.1. The molecule has 2 aromatic carbocycles. The standard InChI is InChI=1S/C25H22N2O6S/c1-16-20-22(34-21(16)25(30)33-12-11-32-19-9-4-3-5-10-19)26-15-27(23(20)28)14-17-7-6-8-18(13-17)24(29)31-2/h3-10,13,15H,11-12,14H2,1-2H3. The first-order chi connectivity index (χ1) is 16.5. The van der Waals surface area contributed by atoms with Gasteiger partial charge in [-0.15, -0.1) is 11.3 Å². The van der Waals surface area contributed by atoms with Crippen molar-refractivity contribution in [2.75, 3.05) is 20.3 Å². The maximum Gasteiger partial charge on any atom is 0.348 e. The van der Waals surface area contributed by atoms with Crippen molar-refractivity contribution in [2.24, 2.45) is 0 Å². The van der Waals surface area contributed by atoms with E-state index in [0.29, 0.717) is 32.0 Å². The van der Waals surface area contributed by atoms with Crippen LogP contribution in [-0.4, -0.2) is 41.8 Å². The Hall–Kier alpha value is -3.98. The first kappa shape index (κ1) is 23.2. The van der Waals surface area contributed by atoms with Gasteiger partial charge in [-0.25, -0.2) is 14.6 Å². The van der Waals surface area contributed by atoms with E-state index < -0.39 is 11.9 Å². The molecule has 9 heteroatoms. The number of benzene rings is 2. The van der Waals surface area contributed by atoms with Crippen LogP contribution in [0.5, 0.6) is 5.75 Å². The zero-order valence-corrected chi connectivity index (χ0v) is 19.5. The number of aromatic nitrogens is 2. The van der Waals surface area contributed by atoms with Crippen molar-refractivity contribution < 1.29 is 23.8 Å². The maximum atomic E-state index is 13.1. The molecular weight excluding hydrogens is 456 g/mol. The van der Waals surface area contributed by atoms with E-state index in [1.165, 1.54) is 18.0 Å². The first-order valence-corrected chi connectivity index (χ1v) is 11.3. The summed E-state index contributed by atoms with van der Waals surface area (Å²) in [5, 5.41) is 0.379. The molecule has 0 amide bonds. The third kappa shape index (κ3) is 4.99. The molecule has 0 radical (unpaired) electrons. The Morgan fingerprint density at radius 1 is 1.03 bits per heavy atom. The largest absolute Gasteiger partial charge is 0.490 e. The minimum absolute atomic E-state index is 0.0790. The van der Waals surface area contributed by atoms with E-state index in [-0.39, 0.29) is 25.3 Å². The molecule has 0 spiro atoms. The summed E-state index contributed by atoms with van der Waals surface area (Å²) in [6.45, 7) is 2.23. The number of nitrogens with zero attached hydrogens (tertiary/aromatic N) is 2. The van der Waals surface area contributed by atoms with E-state index >= 15 is 0 Å². The number of hydrogen-bond donors (Lipinski definition) is 0. The van der Waals surface area contributed by atoms with Crippen LogP contribution in [0, 0.1) is 6.92 Å². The molecule has 174 valence electrons. The van der Waals surface area contributed by atoms with Crippen LogP contribution in [0.25, 0.3) is 10.2 Å². The van der Waals surface area contributed by atoms with Gasteiger partial charge < -0.3 is 14.2 Å². The van der Waals surface area contributed by atoms with Gasteiger partial charge in [0.05, 0.1) is 30.9 Å². The van der Waals surface area contributed by atoms with Gasteiger partial charge >= 0.3 is 11.9 Å². The van der Waals surface area contributed by atoms with Gasteiger partial charge in [0.25, 0.3) is 5.56 Å². The number of rotatable bonds is 8. The monoisotopic (exact) mass is 478 g/mol. The first-order valence-electron chi connectivity index (χ1n) is 10.5. The van der Waals surface area contributed by atoms with Crippen LogP contribution in [-0.2, 0) is 16.0 Å². The van der Waals surface area contributed by atoms with Crippen LogP contribution in [0.1, 0.15) is 31.2 Å². The predicted octanol–water partition coefficient (Wildman–Crippen LogP) is 3.84. The maximum absolute atomic E-state index is 13.1. The third-order valence-electron chi connectivity index (χ3n) is 5.13. The van der Waals surface area contributed by atoms with Gasteiger partial charge in [-0.2, -0.15) is 0 Å². The molecule has 2 heterocycles. The Balaban J connectivity index is 1.49. The van der Waals surface area contributed by atoms with Gasteiger partial charge in [0.2, 0.25) is 0 Å². The van der Waals surface area contributed by atoms with Crippen molar-refractivity contribution in [1.82, 2.24) is 9.55 Å². The number of hydrogen-bond acceptors (Lipinski definition) is 8. The Morgan fingerprint density at radius 2 is 1.82 bits per heavy atom. The minimum atomic E-state index is -0.520. The van der Waals surface area contributed by atoms with Crippen LogP contribution < -0.4 is 10.3 Å². The van der Waals surface area contributed by atoms with Gasteiger partial charge in [-0.1, -0.05) is 30.3 Å². The zero-order chi connectivity index (χ0) is 24.1. The van der Waals surface area contributed by atoms with E-state index in [2.05, 4.69) is 4.98 Å². The van der Waals surface area contributed by atoms with Crippen LogP contribution in [0.3, 0.4) is 0 Å². The smallest absolute Gasteiger partial charge is 0.348 e. The average Bonchev–Trinajstić information content (AvgIpc) is 3.21. The summed E-state index contributed by atoms with van der Waals surface area (Å²) in [5.74, 6) is -0.277. The molecule has 0 bridgehead atoms. The summed E-state index contributed by atoms with van der Waals surface area (Å²) in [6.07, 6.45) is 1.44. The van der Waals surface area contributed by atoms with Gasteiger partial charge in [0.15, 0.2) is 0 Å². The van der Waals surface area contributed by atoms with E-state index in [1.807, 2.05) is 36.4 Å². The molecule has 34 heavy (non-hydrogen) atoms. The second kappa shape index (κ2) is 10.3. The van der Waals surface area contributed by atoms with Crippen LogP contribution in [0.15, 0.2) is 65.7 Å². The van der Waals surface area contributed by atoms with E-state index in [1.54, 1.807) is 25.1 Å². The summed E-state index contributed by atoms with van der Waals surface area (Å²) < 4.78 is 17.1. The highest BCUT2D eigenvalue weighted by Gasteiger charge is 2.21. The number of esters is 2. The van der Waals surface area contributed by atoms with Crippen molar-refractivity contribution in [2.45, 2.75) is 13.5 Å². The molecular formula is C25H22N2O6S. The number of methoxy groups -OCH3 is 1.